The molecular formula is C30H46N2O. The molecule has 1 aromatic rings. The van der Waals surface area contributed by atoms with E-state index in [1.807, 2.05) is 65.1 Å². The van der Waals surface area contributed by atoms with Gasteiger partial charge in [0, 0.05) is 25.1 Å². The lowest BCUT2D eigenvalue weighted by molar-refractivity contribution is 0.177. The molecule has 1 aliphatic rings. The highest BCUT2D eigenvalue weighted by Gasteiger charge is 2.06. The fourth-order valence-corrected chi connectivity index (χ4v) is 2.88. The molecule has 3 nitrogen and oxygen atoms in total. The number of allylic oxidation sites excluding steroid dienone is 6. The minimum Gasteiger partial charge on any atom is -0.378 e. The molecule has 0 aliphatic carbocycles. The smallest absolute Gasteiger partial charge is 0.0656 e. The predicted octanol–water partition coefficient (Wildman–Crippen LogP) is 7.69. The van der Waals surface area contributed by atoms with Crippen LogP contribution in [0.1, 0.15) is 64.7 Å². The van der Waals surface area contributed by atoms with Crippen LogP contribution >= 0.6 is 0 Å². The minimum absolute atomic E-state index is 0.609. The lowest BCUT2D eigenvalue weighted by Gasteiger charge is -2.16. The Balaban J connectivity index is 0.000000570. The summed E-state index contributed by atoms with van der Waals surface area (Å²) < 4.78 is 5.32. The number of ether oxygens (including phenoxy) is 1. The van der Waals surface area contributed by atoms with E-state index < -0.39 is 0 Å². The predicted molar refractivity (Wildman–Crippen MR) is 148 cm³/mol. The van der Waals surface area contributed by atoms with E-state index in [9.17, 15) is 0 Å². The van der Waals surface area contributed by atoms with Crippen LogP contribution in [0.5, 0.6) is 0 Å². The van der Waals surface area contributed by atoms with Crippen LogP contribution < -0.4 is 5.32 Å². The van der Waals surface area contributed by atoms with Crippen molar-refractivity contribution in [3.8, 4) is 0 Å². The fourth-order valence-electron chi connectivity index (χ4n) is 2.88. The molecule has 0 spiro atoms. The van der Waals surface area contributed by atoms with Gasteiger partial charge < -0.3 is 10.1 Å². The summed E-state index contributed by atoms with van der Waals surface area (Å²) in [6.45, 7) is 25.4. The third-order valence-corrected chi connectivity index (χ3v) is 5.21. The summed E-state index contributed by atoms with van der Waals surface area (Å²) in [5.41, 5.74) is 8.56. The van der Waals surface area contributed by atoms with Gasteiger partial charge in [-0.3, -0.25) is 4.99 Å². The standard InChI is InChI=1S/C16H25NO.C10H13N.C4H8/c1-7-15(10-11-18-9-3)16(8-2)12-17-14(6)13(4)5;1-8-2-3-9-4-5-11-7-10(9)6-8;1-3-4-2/h7,10,12H,1,4,8-9,11H2,2-3,5-6H3;2-3,6,11H,4-5,7H2,1H3;3-4H,1-2H3/b15-10+,16-12+,17-14?;;4-3-. The van der Waals surface area contributed by atoms with E-state index in [4.69, 9.17) is 4.74 Å². The zero-order valence-electron chi connectivity index (χ0n) is 22.1. The van der Waals surface area contributed by atoms with E-state index in [0.29, 0.717) is 6.61 Å². The summed E-state index contributed by atoms with van der Waals surface area (Å²) in [4.78, 5) is 4.42. The zero-order chi connectivity index (χ0) is 25.1. The van der Waals surface area contributed by atoms with Crippen molar-refractivity contribution >= 4 is 5.71 Å². The van der Waals surface area contributed by atoms with Gasteiger partial charge in [0.15, 0.2) is 0 Å². The van der Waals surface area contributed by atoms with Crippen molar-refractivity contribution in [3.63, 3.8) is 0 Å². The molecule has 1 N–H and O–H groups in total. The Kier molecular flexibility index (Phi) is 17.6. The number of nitrogens with zero attached hydrogens (tertiary/aromatic N) is 1. The Morgan fingerprint density at radius 1 is 1.15 bits per heavy atom. The molecule has 0 atom stereocenters. The quantitative estimate of drug-likeness (QED) is 0.191. The van der Waals surface area contributed by atoms with Gasteiger partial charge >= 0.3 is 0 Å². The SMILES string of the molecule is C/C=C\C.C=CC(=C\COCC)/C(=C/N=C(C)C(=C)C)CC.Cc1ccc2c(c1)CNCC2. The number of fused-ring (bicyclic) bond motifs is 1. The Labute approximate surface area is 203 Å². The first-order valence-corrected chi connectivity index (χ1v) is 12.0. The van der Waals surface area contributed by atoms with Crippen molar-refractivity contribution in [2.45, 2.75) is 67.9 Å². The van der Waals surface area contributed by atoms with Gasteiger partial charge in [0.05, 0.1) is 6.61 Å². The average Bonchev–Trinajstić information content (AvgIpc) is 2.83. The molecule has 0 saturated carbocycles. The van der Waals surface area contributed by atoms with Crippen LogP contribution in [0, 0.1) is 6.92 Å². The molecule has 0 fully saturated rings. The van der Waals surface area contributed by atoms with E-state index in [1.165, 1.54) is 23.1 Å². The maximum Gasteiger partial charge on any atom is 0.0656 e. The van der Waals surface area contributed by atoms with E-state index in [1.54, 1.807) is 0 Å². The molecule has 0 unspecified atom stereocenters. The summed E-state index contributed by atoms with van der Waals surface area (Å²) in [5, 5.41) is 3.37. The highest BCUT2D eigenvalue weighted by molar-refractivity contribution is 5.97. The maximum atomic E-state index is 5.32. The van der Waals surface area contributed by atoms with Crippen molar-refractivity contribution in [1.82, 2.24) is 5.32 Å². The lowest BCUT2D eigenvalue weighted by atomic mass is 9.99. The average molecular weight is 451 g/mol. The first kappa shape index (κ1) is 30.5. The second-order valence-corrected chi connectivity index (χ2v) is 7.89. The first-order valence-electron chi connectivity index (χ1n) is 12.0. The first-order chi connectivity index (χ1) is 15.8. The molecule has 0 radical (unpaired) electrons. The summed E-state index contributed by atoms with van der Waals surface area (Å²) in [5.74, 6) is 0. The Hall–Kier alpha value is -2.49. The Morgan fingerprint density at radius 2 is 1.85 bits per heavy atom. The van der Waals surface area contributed by atoms with Crippen LogP contribution in [0.15, 0.2) is 83.6 Å². The van der Waals surface area contributed by atoms with E-state index in [0.717, 1.165) is 48.5 Å². The Bertz CT molecular complexity index is 837. The Morgan fingerprint density at radius 3 is 2.39 bits per heavy atom. The second-order valence-electron chi connectivity index (χ2n) is 7.89. The number of aryl methyl sites for hydroxylation is 1. The molecule has 33 heavy (non-hydrogen) atoms. The van der Waals surface area contributed by atoms with E-state index in [2.05, 4.69) is 55.5 Å². The monoisotopic (exact) mass is 450 g/mol. The molecule has 0 saturated heterocycles. The van der Waals surface area contributed by atoms with Crippen molar-refractivity contribution in [3.05, 3.63) is 95.3 Å². The topological polar surface area (TPSA) is 33.6 Å². The molecule has 0 bridgehead atoms. The van der Waals surface area contributed by atoms with Gasteiger partial charge in [-0.15, -0.1) is 0 Å². The van der Waals surface area contributed by atoms with E-state index in [-0.39, 0.29) is 0 Å². The van der Waals surface area contributed by atoms with Crippen LogP contribution in [0.3, 0.4) is 0 Å². The number of nitrogens with one attached hydrogen (secondary N) is 1. The fraction of sp³-hybridized carbons (Fsp3) is 0.433. The second kappa shape index (κ2) is 19.0. The number of aliphatic imine (C=N–C) groups is 1. The summed E-state index contributed by atoms with van der Waals surface area (Å²) in [6.07, 6.45) is 11.9. The van der Waals surface area contributed by atoms with Crippen molar-refractivity contribution in [2.75, 3.05) is 19.8 Å². The third kappa shape index (κ3) is 13.6. The van der Waals surface area contributed by atoms with Gasteiger partial charge in [0.2, 0.25) is 0 Å². The molecule has 0 aromatic heterocycles. The molecule has 1 aliphatic heterocycles. The van der Waals surface area contributed by atoms with Gasteiger partial charge in [0.1, 0.15) is 0 Å². The minimum atomic E-state index is 0.609. The molecule has 3 heteroatoms. The van der Waals surface area contributed by atoms with Crippen molar-refractivity contribution in [2.24, 2.45) is 4.99 Å². The van der Waals surface area contributed by atoms with Gasteiger partial charge in [0.25, 0.3) is 0 Å². The highest BCUT2D eigenvalue weighted by atomic mass is 16.5. The van der Waals surface area contributed by atoms with Crippen LogP contribution in [0.2, 0.25) is 0 Å². The van der Waals surface area contributed by atoms with E-state index >= 15 is 0 Å². The van der Waals surface area contributed by atoms with Gasteiger partial charge in [-0.25, -0.2) is 0 Å². The third-order valence-electron chi connectivity index (χ3n) is 5.21. The van der Waals surface area contributed by atoms with Crippen LogP contribution in [0.4, 0.5) is 0 Å². The summed E-state index contributed by atoms with van der Waals surface area (Å²) in [7, 11) is 0. The van der Waals surface area contributed by atoms with Crippen LogP contribution in [-0.4, -0.2) is 25.5 Å². The lowest BCUT2D eigenvalue weighted by Crippen LogP contribution is -2.23. The van der Waals surface area contributed by atoms with Gasteiger partial charge in [-0.05, 0) is 88.8 Å². The number of hydrogen-bond donors (Lipinski definition) is 1. The van der Waals surface area contributed by atoms with Crippen LogP contribution in [0.25, 0.3) is 0 Å². The highest BCUT2D eigenvalue weighted by Crippen LogP contribution is 2.16. The number of rotatable bonds is 8. The van der Waals surface area contributed by atoms with Crippen molar-refractivity contribution in [1.29, 1.82) is 0 Å². The van der Waals surface area contributed by atoms with Gasteiger partial charge in [-0.2, -0.15) is 0 Å². The molecule has 2 rings (SSSR count). The number of hydrogen-bond acceptors (Lipinski definition) is 3. The normalized spacial score (nSPS) is 14.0. The summed E-state index contributed by atoms with van der Waals surface area (Å²) >= 11 is 0. The molecule has 1 heterocycles. The maximum absolute atomic E-state index is 5.32. The largest absolute Gasteiger partial charge is 0.378 e. The molecular weight excluding hydrogens is 404 g/mol. The van der Waals surface area contributed by atoms with Gasteiger partial charge in [-0.1, -0.05) is 68.1 Å². The molecule has 182 valence electrons. The van der Waals surface area contributed by atoms with Crippen molar-refractivity contribution < 1.29 is 4.74 Å². The molecule has 0 amide bonds. The van der Waals surface area contributed by atoms with Crippen LogP contribution in [-0.2, 0) is 17.7 Å². The zero-order valence-corrected chi connectivity index (χ0v) is 22.1. The molecule has 1 aromatic carbocycles. The summed E-state index contributed by atoms with van der Waals surface area (Å²) in [6, 6.07) is 6.73. The number of benzene rings is 1.